The molecule has 0 amide bonds. The molecule has 108 valence electrons. The maximum Gasteiger partial charge on any atom is 0.134 e. The van der Waals surface area contributed by atoms with Crippen molar-refractivity contribution in [2.45, 2.75) is 52.6 Å². The Morgan fingerprint density at radius 1 is 1.37 bits per heavy atom. The Hall–Kier alpha value is -1.36. The Morgan fingerprint density at radius 2 is 2.00 bits per heavy atom. The second-order valence-electron chi connectivity index (χ2n) is 6.12. The van der Waals surface area contributed by atoms with Crippen molar-refractivity contribution in [3.8, 4) is 0 Å². The zero-order valence-electron chi connectivity index (χ0n) is 13.0. The largest absolute Gasteiger partial charge is 0.368 e. The van der Waals surface area contributed by atoms with Gasteiger partial charge >= 0.3 is 0 Å². The first-order chi connectivity index (χ1) is 8.67. The van der Waals surface area contributed by atoms with Gasteiger partial charge in [0.25, 0.3) is 0 Å². The highest BCUT2D eigenvalue weighted by molar-refractivity contribution is 5.49. The van der Waals surface area contributed by atoms with E-state index in [1.54, 1.807) is 0 Å². The molecule has 0 unspecified atom stereocenters. The standard InChI is InChI=1S/C14H27N5/c1-10(2)16-12-9-13(18-11(3)17-12)19(6)8-7-14(4,5)15/h9-10H,7-8,15H2,1-6H3,(H,16,17,18). The fourth-order valence-electron chi connectivity index (χ4n) is 1.69. The van der Waals surface area contributed by atoms with Crippen LogP contribution in [0, 0.1) is 6.92 Å². The molecule has 1 rings (SSSR count). The molecule has 0 aliphatic heterocycles. The molecule has 1 aromatic heterocycles. The lowest BCUT2D eigenvalue weighted by molar-refractivity contribution is 0.478. The molecule has 0 saturated heterocycles. The third-order valence-corrected chi connectivity index (χ3v) is 2.74. The Morgan fingerprint density at radius 3 is 2.53 bits per heavy atom. The molecule has 0 bridgehead atoms. The summed E-state index contributed by atoms with van der Waals surface area (Å²) in [6.07, 6.45) is 0.916. The summed E-state index contributed by atoms with van der Waals surface area (Å²) < 4.78 is 0. The number of aryl methyl sites for hydroxylation is 1. The molecular formula is C14H27N5. The van der Waals surface area contributed by atoms with Crippen molar-refractivity contribution in [1.29, 1.82) is 0 Å². The van der Waals surface area contributed by atoms with Gasteiger partial charge in [-0.1, -0.05) is 0 Å². The minimum absolute atomic E-state index is 0.157. The second-order valence-corrected chi connectivity index (χ2v) is 6.12. The van der Waals surface area contributed by atoms with Gasteiger partial charge in [-0.05, 0) is 41.0 Å². The van der Waals surface area contributed by atoms with Gasteiger partial charge in [-0.2, -0.15) is 0 Å². The van der Waals surface area contributed by atoms with Gasteiger partial charge in [-0.3, -0.25) is 0 Å². The fraction of sp³-hybridized carbons (Fsp3) is 0.714. The second kappa shape index (κ2) is 6.19. The molecule has 1 aromatic rings. The number of aromatic nitrogens is 2. The van der Waals surface area contributed by atoms with Gasteiger partial charge in [0, 0.05) is 31.2 Å². The highest BCUT2D eigenvalue weighted by Crippen LogP contribution is 2.16. The Labute approximate surface area is 116 Å². The van der Waals surface area contributed by atoms with E-state index in [9.17, 15) is 0 Å². The lowest BCUT2D eigenvalue weighted by Crippen LogP contribution is -2.36. The molecule has 0 saturated carbocycles. The van der Waals surface area contributed by atoms with Crippen molar-refractivity contribution in [2.24, 2.45) is 5.73 Å². The van der Waals surface area contributed by atoms with E-state index in [1.807, 2.05) is 33.9 Å². The summed E-state index contributed by atoms with van der Waals surface area (Å²) in [5.41, 5.74) is 5.86. The molecule has 0 spiro atoms. The van der Waals surface area contributed by atoms with Gasteiger partial charge in [0.05, 0.1) is 0 Å². The number of nitrogens with one attached hydrogen (secondary N) is 1. The zero-order valence-corrected chi connectivity index (χ0v) is 13.0. The fourth-order valence-corrected chi connectivity index (χ4v) is 1.69. The summed E-state index contributed by atoms with van der Waals surface area (Å²) in [6.45, 7) is 11.1. The normalized spacial score (nSPS) is 11.8. The Balaban J connectivity index is 2.79. The monoisotopic (exact) mass is 265 g/mol. The average Bonchev–Trinajstić information content (AvgIpc) is 2.23. The van der Waals surface area contributed by atoms with Crippen LogP contribution in [0.5, 0.6) is 0 Å². The predicted molar refractivity (Wildman–Crippen MR) is 81.7 cm³/mol. The maximum atomic E-state index is 6.02. The van der Waals surface area contributed by atoms with Crippen LogP contribution >= 0.6 is 0 Å². The Kier molecular flexibility index (Phi) is 5.11. The SMILES string of the molecule is Cc1nc(NC(C)C)cc(N(C)CCC(C)(C)N)n1. The first-order valence-corrected chi connectivity index (χ1v) is 6.79. The van der Waals surface area contributed by atoms with E-state index in [0.29, 0.717) is 6.04 Å². The molecule has 0 aromatic carbocycles. The smallest absolute Gasteiger partial charge is 0.134 e. The molecule has 0 atom stereocenters. The molecule has 3 N–H and O–H groups in total. The number of hydrogen-bond acceptors (Lipinski definition) is 5. The quantitative estimate of drug-likeness (QED) is 0.825. The van der Waals surface area contributed by atoms with Crippen LogP contribution < -0.4 is 16.0 Å². The van der Waals surface area contributed by atoms with Crippen LogP contribution in [-0.4, -0.2) is 35.1 Å². The Bertz CT molecular complexity index is 409. The van der Waals surface area contributed by atoms with Gasteiger partial charge in [0.15, 0.2) is 0 Å². The predicted octanol–water partition coefficient (Wildman–Crippen LogP) is 2.17. The van der Waals surface area contributed by atoms with Gasteiger partial charge in [-0.15, -0.1) is 0 Å². The van der Waals surface area contributed by atoms with E-state index in [2.05, 4.69) is 34.0 Å². The molecule has 19 heavy (non-hydrogen) atoms. The van der Waals surface area contributed by atoms with Crippen LogP contribution in [0.2, 0.25) is 0 Å². The van der Waals surface area contributed by atoms with Crippen LogP contribution in [0.3, 0.4) is 0 Å². The van der Waals surface area contributed by atoms with Crippen molar-refractivity contribution in [3.63, 3.8) is 0 Å². The number of anilines is 2. The van der Waals surface area contributed by atoms with E-state index in [4.69, 9.17) is 5.73 Å². The lowest BCUT2D eigenvalue weighted by atomic mass is 10.0. The average molecular weight is 265 g/mol. The van der Waals surface area contributed by atoms with Gasteiger partial charge in [0.2, 0.25) is 0 Å². The molecule has 0 radical (unpaired) electrons. The summed E-state index contributed by atoms with van der Waals surface area (Å²) in [5.74, 6) is 2.58. The van der Waals surface area contributed by atoms with E-state index < -0.39 is 0 Å². The topological polar surface area (TPSA) is 67.1 Å². The maximum absolute atomic E-state index is 6.02. The van der Waals surface area contributed by atoms with Crippen LogP contribution in [0.1, 0.15) is 39.9 Å². The summed E-state index contributed by atoms with van der Waals surface area (Å²) >= 11 is 0. The minimum atomic E-state index is -0.157. The summed E-state index contributed by atoms with van der Waals surface area (Å²) in [4.78, 5) is 11.0. The van der Waals surface area contributed by atoms with Gasteiger partial charge in [0.1, 0.15) is 17.5 Å². The highest BCUT2D eigenvalue weighted by Gasteiger charge is 2.13. The molecular weight excluding hydrogens is 238 g/mol. The number of rotatable bonds is 6. The number of nitrogens with zero attached hydrogens (tertiary/aromatic N) is 3. The van der Waals surface area contributed by atoms with Crippen LogP contribution in [-0.2, 0) is 0 Å². The minimum Gasteiger partial charge on any atom is -0.368 e. The first kappa shape index (κ1) is 15.7. The van der Waals surface area contributed by atoms with E-state index >= 15 is 0 Å². The van der Waals surface area contributed by atoms with Crippen molar-refractivity contribution < 1.29 is 0 Å². The molecule has 1 heterocycles. The first-order valence-electron chi connectivity index (χ1n) is 6.79. The van der Waals surface area contributed by atoms with Crippen LogP contribution in [0.25, 0.3) is 0 Å². The third kappa shape index (κ3) is 5.87. The third-order valence-electron chi connectivity index (χ3n) is 2.74. The summed E-state index contributed by atoms with van der Waals surface area (Å²) in [6, 6.07) is 2.34. The lowest BCUT2D eigenvalue weighted by Gasteiger charge is -2.25. The highest BCUT2D eigenvalue weighted by atomic mass is 15.2. The van der Waals surface area contributed by atoms with Crippen molar-refractivity contribution in [3.05, 3.63) is 11.9 Å². The van der Waals surface area contributed by atoms with Crippen molar-refractivity contribution in [2.75, 3.05) is 23.8 Å². The van der Waals surface area contributed by atoms with Gasteiger partial charge in [-0.25, -0.2) is 9.97 Å². The van der Waals surface area contributed by atoms with Gasteiger partial charge < -0.3 is 16.0 Å². The molecule has 0 fully saturated rings. The van der Waals surface area contributed by atoms with E-state index in [0.717, 1.165) is 30.4 Å². The number of hydrogen-bond donors (Lipinski definition) is 2. The van der Waals surface area contributed by atoms with Crippen LogP contribution in [0.4, 0.5) is 11.6 Å². The molecule has 5 heteroatoms. The number of nitrogens with two attached hydrogens (primary N) is 1. The molecule has 0 aliphatic carbocycles. The van der Waals surface area contributed by atoms with E-state index in [-0.39, 0.29) is 5.54 Å². The molecule has 0 aliphatic rings. The van der Waals surface area contributed by atoms with Crippen molar-refractivity contribution >= 4 is 11.6 Å². The van der Waals surface area contributed by atoms with Crippen LogP contribution in [0.15, 0.2) is 6.07 Å². The summed E-state index contributed by atoms with van der Waals surface area (Å²) in [5, 5.41) is 3.31. The summed E-state index contributed by atoms with van der Waals surface area (Å²) in [7, 11) is 2.03. The van der Waals surface area contributed by atoms with Crippen molar-refractivity contribution in [1.82, 2.24) is 9.97 Å². The molecule has 5 nitrogen and oxygen atoms in total. The zero-order chi connectivity index (χ0) is 14.6. The van der Waals surface area contributed by atoms with E-state index in [1.165, 1.54) is 0 Å².